The van der Waals surface area contributed by atoms with Crippen LogP contribution in [0.1, 0.15) is 12.5 Å². The van der Waals surface area contributed by atoms with Gasteiger partial charge in [0.2, 0.25) is 10.0 Å². The zero-order chi connectivity index (χ0) is 17.7. The van der Waals surface area contributed by atoms with Crippen molar-refractivity contribution in [1.82, 2.24) is 4.31 Å². The minimum Gasteiger partial charge on any atom is -0.456 e. The van der Waals surface area contributed by atoms with Crippen LogP contribution < -0.4 is 5.32 Å². The third kappa shape index (κ3) is 4.53. The van der Waals surface area contributed by atoms with Gasteiger partial charge in [0, 0.05) is 25.7 Å². The first-order valence-electron chi connectivity index (χ1n) is 7.42. The van der Waals surface area contributed by atoms with Crippen molar-refractivity contribution in [2.45, 2.75) is 18.7 Å². The number of anilines is 1. The summed E-state index contributed by atoms with van der Waals surface area (Å²) in [6.07, 6.45) is 0. The van der Waals surface area contributed by atoms with Crippen LogP contribution in [0.3, 0.4) is 0 Å². The predicted octanol–water partition coefficient (Wildman–Crippen LogP) is 0.518. The van der Waals surface area contributed by atoms with E-state index in [0.717, 1.165) is 0 Å². The number of carbonyl (C=O) groups is 2. The number of aryl methyl sites for hydroxylation is 1. The lowest BCUT2D eigenvalue weighted by Crippen LogP contribution is -2.40. The molecular formula is C15H20N2O6S. The maximum absolute atomic E-state index is 12.6. The highest BCUT2D eigenvalue weighted by molar-refractivity contribution is 7.89. The molecule has 2 rings (SSSR count). The highest BCUT2D eigenvalue weighted by atomic mass is 32.2. The van der Waals surface area contributed by atoms with Crippen LogP contribution in [0, 0.1) is 6.92 Å². The van der Waals surface area contributed by atoms with Crippen LogP contribution in [0.5, 0.6) is 0 Å². The first kappa shape index (κ1) is 18.4. The Morgan fingerprint density at radius 1 is 1.29 bits per heavy atom. The van der Waals surface area contributed by atoms with Crippen molar-refractivity contribution >= 4 is 27.6 Å². The summed E-state index contributed by atoms with van der Waals surface area (Å²) >= 11 is 0. The first-order chi connectivity index (χ1) is 11.3. The quantitative estimate of drug-likeness (QED) is 0.772. The molecule has 0 atom stereocenters. The zero-order valence-electron chi connectivity index (χ0n) is 13.6. The second-order valence-corrected chi connectivity index (χ2v) is 7.26. The fourth-order valence-electron chi connectivity index (χ4n) is 2.19. The molecule has 1 amide bonds. The highest BCUT2D eigenvalue weighted by Crippen LogP contribution is 2.23. The number of carbonyl (C=O) groups excluding carboxylic acids is 2. The predicted molar refractivity (Wildman–Crippen MR) is 86.0 cm³/mol. The van der Waals surface area contributed by atoms with Gasteiger partial charge in [-0.05, 0) is 24.6 Å². The smallest absolute Gasteiger partial charge is 0.303 e. The van der Waals surface area contributed by atoms with Gasteiger partial charge in [0.15, 0.2) is 6.61 Å². The molecule has 132 valence electrons. The molecule has 8 nitrogen and oxygen atoms in total. The molecule has 0 spiro atoms. The number of hydrogen-bond acceptors (Lipinski definition) is 6. The number of nitrogens with one attached hydrogen (secondary N) is 1. The number of nitrogens with zero attached hydrogens (tertiary/aromatic N) is 1. The van der Waals surface area contributed by atoms with Crippen LogP contribution in [0.25, 0.3) is 0 Å². The Kier molecular flexibility index (Phi) is 5.92. The van der Waals surface area contributed by atoms with Crippen LogP contribution in [0.15, 0.2) is 23.1 Å². The molecule has 1 aromatic carbocycles. The lowest BCUT2D eigenvalue weighted by molar-refractivity contribution is -0.144. The van der Waals surface area contributed by atoms with Gasteiger partial charge >= 0.3 is 5.97 Å². The molecule has 0 bridgehead atoms. The zero-order valence-corrected chi connectivity index (χ0v) is 14.4. The molecule has 0 aliphatic carbocycles. The van der Waals surface area contributed by atoms with Crippen molar-refractivity contribution in [1.29, 1.82) is 0 Å². The van der Waals surface area contributed by atoms with Gasteiger partial charge < -0.3 is 14.8 Å². The highest BCUT2D eigenvalue weighted by Gasteiger charge is 2.26. The first-order valence-corrected chi connectivity index (χ1v) is 8.86. The van der Waals surface area contributed by atoms with Gasteiger partial charge in [0.25, 0.3) is 5.91 Å². The van der Waals surface area contributed by atoms with E-state index in [1.54, 1.807) is 13.0 Å². The van der Waals surface area contributed by atoms with Crippen molar-refractivity contribution in [3.05, 3.63) is 23.8 Å². The number of hydrogen-bond donors (Lipinski definition) is 1. The van der Waals surface area contributed by atoms with Gasteiger partial charge in [-0.25, -0.2) is 8.42 Å². The molecule has 1 fully saturated rings. The normalized spacial score (nSPS) is 15.8. The van der Waals surface area contributed by atoms with Gasteiger partial charge in [-0.3, -0.25) is 9.59 Å². The minimum atomic E-state index is -3.65. The van der Waals surface area contributed by atoms with E-state index >= 15 is 0 Å². The van der Waals surface area contributed by atoms with Crippen molar-refractivity contribution in [2.24, 2.45) is 0 Å². The molecule has 0 saturated carbocycles. The van der Waals surface area contributed by atoms with Crippen molar-refractivity contribution in [2.75, 3.05) is 38.2 Å². The molecular weight excluding hydrogens is 336 g/mol. The van der Waals surface area contributed by atoms with E-state index in [0.29, 0.717) is 37.6 Å². The average molecular weight is 356 g/mol. The molecule has 1 aliphatic rings. The fraction of sp³-hybridized carbons (Fsp3) is 0.467. The molecule has 1 N–H and O–H groups in total. The second-order valence-electron chi connectivity index (χ2n) is 5.32. The maximum atomic E-state index is 12.6. The molecule has 1 saturated heterocycles. The number of sulfonamides is 1. The molecule has 1 aromatic rings. The second kappa shape index (κ2) is 7.73. The molecule has 1 heterocycles. The van der Waals surface area contributed by atoms with Gasteiger partial charge in [-0.1, -0.05) is 6.07 Å². The summed E-state index contributed by atoms with van der Waals surface area (Å²) in [5.74, 6) is -1.10. The Bertz CT molecular complexity index is 725. The van der Waals surface area contributed by atoms with Crippen LogP contribution in [-0.4, -0.2) is 57.5 Å². The van der Waals surface area contributed by atoms with Crippen molar-refractivity contribution in [3.63, 3.8) is 0 Å². The van der Waals surface area contributed by atoms with E-state index in [4.69, 9.17) is 4.74 Å². The Morgan fingerprint density at radius 3 is 2.58 bits per heavy atom. The number of ether oxygens (including phenoxy) is 2. The summed E-state index contributed by atoms with van der Waals surface area (Å²) in [5.41, 5.74) is 1.06. The molecule has 9 heteroatoms. The van der Waals surface area contributed by atoms with Gasteiger partial charge in [-0.15, -0.1) is 0 Å². The van der Waals surface area contributed by atoms with Crippen LogP contribution in [-0.2, 0) is 29.1 Å². The summed E-state index contributed by atoms with van der Waals surface area (Å²) in [7, 11) is -3.65. The third-order valence-electron chi connectivity index (χ3n) is 3.50. The van der Waals surface area contributed by atoms with E-state index in [-0.39, 0.29) is 4.90 Å². The average Bonchev–Trinajstić information content (AvgIpc) is 2.55. The summed E-state index contributed by atoms with van der Waals surface area (Å²) < 4.78 is 36.4. The standard InChI is InChI=1S/C15H20N2O6S/c1-11-3-4-13(24(20,21)17-5-7-22-8-6-17)9-14(11)16-15(19)10-23-12(2)18/h3-4,9H,5-8,10H2,1-2H3,(H,16,19). The molecule has 0 radical (unpaired) electrons. The molecule has 0 aromatic heterocycles. The van der Waals surface area contributed by atoms with Gasteiger partial charge in [-0.2, -0.15) is 4.31 Å². The summed E-state index contributed by atoms with van der Waals surface area (Å²) in [5, 5.41) is 2.56. The van der Waals surface area contributed by atoms with Crippen LogP contribution in [0.4, 0.5) is 5.69 Å². The fourth-order valence-corrected chi connectivity index (χ4v) is 3.62. The van der Waals surface area contributed by atoms with E-state index < -0.39 is 28.5 Å². The van der Waals surface area contributed by atoms with E-state index in [9.17, 15) is 18.0 Å². The minimum absolute atomic E-state index is 0.0952. The van der Waals surface area contributed by atoms with E-state index in [1.807, 2.05) is 0 Å². The van der Waals surface area contributed by atoms with Crippen molar-refractivity contribution < 1.29 is 27.5 Å². The summed E-state index contributed by atoms with van der Waals surface area (Å²) in [6.45, 7) is 3.83. The number of morpholine rings is 1. The lowest BCUT2D eigenvalue weighted by atomic mass is 10.2. The third-order valence-corrected chi connectivity index (χ3v) is 5.39. The summed E-state index contributed by atoms with van der Waals surface area (Å²) in [4.78, 5) is 22.6. The SMILES string of the molecule is CC(=O)OCC(=O)Nc1cc(S(=O)(=O)N2CCOCC2)ccc1C. The van der Waals surface area contributed by atoms with E-state index in [1.165, 1.54) is 23.4 Å². The Hall–Kier alpha value is -1.97. The monoisotopic (exact) mass is 356 g/mol. The number of esters is 1. The number of benzene rings is 1. The Morgan fingerprint density at radius 2 is 1.96 bits per heavy atom. The molecule has 24 heavy (non-hydrogen) atoms. The number of amides is 1. The molecule has 0 unspecified atom stereocenters. The van der Waals surface area contributed by atoms with Gasteiger partial charge in [0.05, 0.1) is 18.1 Å². The van der Waals surface area contributed by atoms with E-state index in [2.05, 4.69) is 10.1 Å². The largest absolute Gasteiger partial charge is 0.456 e. The van der Waals surface area contributed by atoms with Gasteiger partial charge in [0.1, 0.15) is 0 Å². The lowest BCUT2D eigenvalue weighted by Gasteiger charge is -2.26. The maximum Gasteiger partial charge on any atom is 0.303 e. The Balaban J connectivity index is 2.18. The Labute approximate surface area is 140 Å². The number of rotatable bonds is 5. The molecule has 1 aliphatic heterocycles. The summed E-state index contributed by atoms with van der Waals surface area (Å²) in [6, 6.07) is 4.53. The topological polar surface area (TPSA) is 102 Å². The van der Waals surface area contributed by atoms with Crippen molar-refractivity contribution in [3.8, 4) is 0 Å². The van der Waals surface area contributed by atoms with Crippen LogP contribution >= 0.6 is 0 Å². The van der Waals surface area contributed by atoms with Crippen LogP contribution in [0.2, 0.25) is 0 Å².